The lowest BCUT2D eigenvalue weighted by Gasteiger charge is -2.12. The fourth-order valence-corrected chi connectivity index (χ4v) is 1.38. The first-order valence-electron chi connectivity index (χ1n) is 3.73. The summed E-state index contributed by atoms with van der Waals surface area (Å²) in [4.78, 5) is 0. The Hall–Kier alpha value is -0.980. The lowest BCUT2D eigenvalue weighted by molar-refractivity contribution is -0.274. The molecule has 0 aliphatic heterocycles. The quantitative estimate of drug-likeness (QED) is 0.515. The van der Waals surface area contributed by atoms with Gasteiger partial charge in [0.1, 0.15) is 11.6 Å². The fraction of sp³-hybridized carbons (Fsp3) is 0.250. The van der Waals surface area contributed by atoms with E-state index in [9.17, 15) is 17.6 Å². The standard InChI is InChI=1S/C8H6BrF4NO/c9-3-4-1-6(14)5(10)2-7(4)15-8(11,12)13/h1-2H,3,14H2. The van der Waals surface area contributed by atoms with E-state index in [0.29, 0.717) is 6.07 Å². The van der Waals surface area contributed by atoms with Crippen LogP contribution in [0.1, 0.15) is 5.56 Å². The first kappa shape index (κ1) is 12.1. The van der Waals surface area contributed by atoms with Crippen molar-refractivity contribution >= 4 is 21.6 Å². The molecule has 0 aliphatic carbocycles. The zero-order valence-electron chi connectivity index (χ0n) is 7.24. The minimum atomic E-state index is -4.85. The molecule has 2 nitrogen and oxygen atoms in total. The van der Waals surface area contributed by atoms with Gasteiger partial charge in [0.2, 0.25) is 0 Å². The second-order valence-corrected chi connectivity index (χ2v) is 3.22. The molecule has 0 radical (unpaired) electrons. The number of alkyl halides is 4. The maximum Gasteiger partial charge on any atom is 0.573 e. The number of nitrogens with two attached hydrogens (primary N) is 1. The third-order valence-electron chi connectivity index (χ3n) is 1.55. The summed E-state index contributed by atoms with van der Waals surface area (Å²) in [6, 6.07) is 1.70. The molecule has 0 amide bonds. The van der Waals surface area contributed by atoms with Crippen molar-refractivity contribution in [1.82, 2.24) is 0 Å². The van der Waals surface area contributed by atoms with Gasteiger partial charge in [0.15, 0.2) is 0 Å². The molecule has 0 aliphatic rings. The summed E-state index contributed by atoms with van der Waals surface area (Å²) in [5.41, 5.74) is 5.10. The van der Waals surface area contributed by atoms with Crippen molar-refractivity contribution in [3.63, 3.8) is 0 Å². The van der Waals surface area contributed by atoms with Crippen molar-refractivity contribution in [3.05, 3.63) is 23.5 Å². The fourth-order valence-electron chi connectivity index (χ4n) is 0.943. The van der Waals surface area contributed by atoms with E-state index >= 15 is 0 Å². The van der Waals surface area contributed by atoms with Gasteiger partial charge in [-0.1, -0.05) is 15.9 Å². The van der Waals surface area contributed by atoms with E-state index in [1.165, 1.54) is 0 Å². The molecule has 0 spiro atoms. The Morgan fingerprint density at radius 1 is 1.33 bits per heavy atom. The average molecular weight is 288 g/mol. The number of hydrogen-bond donors (Lipinski definition) is 1. The minimum absolute atomic E-state index is 0.0862. The monoisotopic (exact) mass is 287 g/mol. The van der Waals surface area contributed by atoms with Gasteiger partial charge in [0.25, 0.3) is 0 Å². The number of nitrogen functional groups attached to an aromatic ring is 1. The zero-order chi connectivity index (χ0) is 11.6. The van der Waals surface area contributed by atoms with Crippen molar-refractivity contribution < 1.29 is 22.3 Å². The summed E-state index contributed by atoms with van der Waals surface area (Å²) >= 11 is 2.95. The molecule has 2 N–H and O–H groups in total. The van der Waals surface area contributed by atoms with Crippen molar-refractivity contribution in [3.8, 4) is 5.75 Å². The van der Waals surface area contributed by atoms with Gasteiger partial charge in [-0.25, -0.2) is 4.39 Å². The molecule has 0 saturated carbocycles. The Kier molecular flexibility index (Phi) is 3.43. The van der Waals surface area contributed by atoms with E-state index in [1.807, 2.05) is 0 Å². The van der Waals surface area contributed by atoms with Crippen LogP contribution in [0.25, 0.3) is 0 Å². The van der Waals surface area contributed by atoms with Crippen molar-refractivity contribution in [2.75, 3.05) is 5.73 Å². The lowest BCUT2D eigenvalue weighted by atomic mass is 10.2. The Labute approximate surface area is 91.1 Å². The summed E-state index contributed by atoms with van der Waals surface area (Å²) in [5, 5.41) is 0.0862. The molecule has 0 fully saturated rings. The molecule has 0 aromatic heterocycles. The van der Waals surface area contributed by atoms with Crippen LogP contribution < -0.4 is 10.5 Å². The number of benzene rings is 1. The van der Waals surface area contributed by atoms with Gasteiger partial charge >= 0.3 is 6.36 Å². The molecule has 1 aromatic carbocycles. The minimum Gasteiger partial charge on any atom is -0.405 e. The van der Waals surface area contributed by atoms with Gasteiger partial charge in [-0.2, -0.15) is 0 Å². The molecule has 1 aromatic rings. The van der Waals surface area contributed by atoms with E-state index in [1.54, 1.807) is 0 Å². The number of ether oxygens (including phenoxy) is 1. The van der Waals surface area contributed by atoms with Crippen LogP contribution in [0.3, 0.4) is 0 Å². The van der Waals surface area contributed by atoms with Crippen LogP contribution in [-0.2, 0) is 5.33 Å². The number of hydrogen-bond acceptors (Lipinski definition) is 2. The second kappa shape index (κ2) is 4.26. The van der Waals surface area contributed by atoms with Gasteiger partial charge < -0.3 is 10.5 Å². The van der Waals surface area contributed by atoms with E-state index in [4.69, 9.17) is 5.73 Å². The molecular weight excluding hydrogens is 282 g/mol. The Morgan fingerprint density at radius 2 is 1.93 bits per heavy atom. The van der Waals surface area contributed by atoms with Crippen LogP contribution in [-0.4, -0.2) is 6.36 Å². The third-order valence-corrected chi connectivity index (χ3v) is 2.15. The van der Waals surface area contributed by atoms with E-state index in [-0.39, 0.29) is 16.6 Å². The highest BCUT2D eigenvalue weighted by Crippen LogP contribution is 2.30. The van der Waals surface area contributed by atoms with E-state index in [2.05, 4.69) is 20.7 Å². The number of rotatable bonds is 2. The molecule has 1 rings (SSSR count). The summed E-state index contributed by atoms with van der Waals surface area (Å²) in [7, 11) is 0. The average Bonchev–Trinajstić information content (AvgIpc) is 2.08. The van der Waals surface area contributed by atoms with E-state index < -0.39 is 17.9 Å². The maximum atomic E-state index is 12.9. The normalized spacial score (nSPS) is 11.5. The lowest BCUT2D eigenvalue weighted by Crippen LogP contribution is -2.18. The summed E-state index contributed by atoms with van der Waals surface area (Å²) in [5.74, 6) is -1.54. The predicted octanol–water partition coefficient (Wildman–Crippen LogP) is 3.20. The highest BCUT2D eigenvalue weighted by atomic mass is 79.9. The molecular formula is C8H6BrF4NO. The Balaban J connectivity index is 3.11. The van der Waals surface area contributed by atoms with Gasteiger partial charge in [-0.15, -0.1) is 13.2 Å². The highest BCUT2D eigenvalue weighted by Gasteiger charge is 2.32. The van der Waals surface area contributed by atoms with Gasteiger partial charge in [0, 0.05) is 17.0 Å². The molecule has 0 heterocycles. The van der Waals surface area contributed by atoms with Crippen LogP contribution in [0.2, 0.25) is 0 Å². The van der Waals surface area contributed by atoms with Crippen LogP contribution in [0.5, 0.6) is 5.75 Å². The first-order chi connectivity index (χ1) is 6.83. The SMILES string of the molecule is Nc1cc(CBr)c(OC(F)(F)F)cc1F. The number of halogens is 5. The van der Waals surface area contributed by atoms with Gasteiger partial charge in [-0.05, 0) is 6.07 Å². The summed E-state index contributed by atoms with van der Waals surface area (Å²) in [6.45, 7) is 0. The van der Waals surface area contributed by atoms with Crippen LogP contribution in [0, 0.1) is 5.82 Å². The first-order valence-corrected chi connectivity index (χ1v) is 4.85. The van der Waals surface area contributed by atoms with Gasteiger partial charge in [0.05, 0.1) is 5.69 Å². The second-order valence-electron chi connectivity index (χ2n) is 2.66. The largest absolute Gasteiger partial charge is 0.573 e. The Bertz CT molecular complexity index is 366. The molecule has 15 heavy (non-hydrogen) atoms. The maximum absolute atomic E-state index is 12.9. The summed E-state index contributed by atoms with van der Waals surface area (Å²) < 4.78 is 52.2. The molecule has 0 bridgehead atoms. The predicted molar refractivity (Wildman–Crippen MR) is 50.1 cm³/mol. The van der Waals surface area contributed by atoms with Crippen LogP contribution in [0.15, 0.2) is 12.1 Å². The van der Waals surface area contributed by atoms with Crippen molar-refractivity contribution in [2.45, 2.75) is 11.7 Å². The molecule has 0 unspecified atom stereocenters. The van der Waals surface area contributed by atoms with Crippen molar-refractivity contribution in [1.29, 1.82) is 0 Å². The third kappa shape index (κ3) is 3.26. The van der Waals surface area contributed by atoms with Crippen LogP contribution in [0.4, 0.5) is 23.2 Å². The molecule has 7 heteroatoms. The van der Waals surface area contributed by atoms with Crippen LogP contribution >= 0.6 is 15.9 Å². The zero-order valence-corrected chi connectivity index (χ0v) is 8.82. The summed E-state index contributed by atoms with van der Waals surface area (Å²) in [6.07, 6.45) is -4.85. The molecule has 0 saturated heterocycles. The topological polar surface area (TPSA) is 35.2 Å². The van der Waals surface area contributed by atoms with E-state index in [0.717, 1.165) is 6.07 Å². The molecule has 0 atom stereocenters. The Morgan fingerprint density at radius 3 is 2.40 bits per heavy atom. The smallest absolute Gasteiger partial charge is 0.405 e. The number of anilines is 1. The van der Waals surface area contributed by atoms with Gasteiger partial charge in [-0.3, -0.25) is 0 Å². The van der Waals surface area contributed by atoms with Crippen molar-refractivity contribution in [2.24, 2.45) is 0 Å². The molecule has 84 valence electrons. The highest BCUT2D eigenvalue weighted by molar-refractivity contribution is 9.08.